The van der Waals surface area contributed by atoms with Crippen LogP contribution in [0.15, 0.2) is 30.5 Å². The Hall–Kier alpha value is -1.32. The highest BCUT2D eigenvalue weighted by Gasteiger charge is 2.22. The summed E-state index contributed by atoms with van der Waals surface area (Å²) in [6.45, 7) is 1.20. The normalized spacial score (nSPS) is 20.1. The van der Waals surface area contributed by atoms with E-state index in [1.54, 1.807) is 0 Å². The topological polar surface area (TPSA) is 36.4 Å². The average molecular weight is 291 g/mol. The minimum Gasteiger partial charge on any atom is -0.394 e. The Labute approximate surface area is 124 Å². The Kier molecular flexibility index (Phi) is 4.08. The lowest BCUT2D eigenvalue weighted by Gasteiger charge is -2.31. The van der Waals surface area contributed by atoms with Gasteiger partial charge in [0.1, 0.15) is 0 Å². The first kappa shape index (κ1) is 13.7. The van der Waals surface area contributed by atoms with Gasteiger partial charge in [0.25, 0.3) is 0 Å². The van der Waals surface area contributed by atoms with E-state index in [0.29, 0.717) is 5.02 Å². The van der Waals surface area contributed by atoms with Crippen molar-refractivity contribution < 1.29 is 5.11 Å². The first-order valence-corrected chi connectivity index (χ1v) is 7.59. The Morgan fingerprint density at radius 3 is 3.00 bits per heavy atom. The molecule has 2 aromatic rings. The standard InChI is InChI=1S/C16H19ClN2O/c17-12-5-6-14-15(10-12)18-8-7-16(14)19-9-3-1-2-4-13(19)11-20/h5-8,10,13,20H,1-4,9,11H2. The molecule has 20 heavy (non-hydrogen) atoms. The number of fused-ring (bicyclic) bond motifs is 1. The molecular formula is C16H19ClN2O. The zero-order valence-corrected chi connectivity index (χ0v) is 12.2. The lowest BCUT2D eigenvalue weighted by Crippen LogP contribution is -2.37. The fourth-order valence-electron chi connectivity index (χ4n) is 3.04. The SMILES string of the molecule is OCC1CCCCCN1c1ccnc2cc(Cl)ccc12. The zero-order chi connectivity index (χ0) is 13.9. The minimum atomic E-state index is 0.206. The molecule has 0 bridgehead atoms. The molecule has 0 spiro atoms. The Bertz CT molecular complexity index is 602. The molecule has 106 valence electrons. The molecule has 1 aliphatic rings. The smallest absolute Gasteiger partial charge is 0.0737 e. The van der Waals surface area contributed by atoms with Crippen LogP contribution in [0.5, 0.6) is 0 Å². The fraction of sp³-hybridized carbons (Fsp3) is 0.438. The van der Waals surface area contributed by atoms with Crippen LogP contribution in [0, 0.1) is 0 Å². The number of rotatable bonds is 2. The quantitative estimate of drug-likeness (QED) is 0.917. The van der Waals surface area contributed by atoms with E-state index in [0.717, 1.165) is 29.6 Å². The van der Waals surface area contributed by atoms with Crippen molar-refractivity contribution in [3.63, 3.8) is 0 Å². The minimum absolute atomic E-state index is 0.206. The number of benzene rings is 1. The maximum Gasteiger partial charge on any atom is 0.0737 e. The van der Waals surface area contributed by atoms with Crippen LogP contribution in [0.4, 0.5) is 5.69 Å². The molecule has 1 atom stereocenters. The van der Waals surface area contributed by atoms with Crippen LogP contribution < -0.4 is 4.90 Å². The lowest BCUT2D eigenvalue weighted by atomic mass is 10.1. The van der Waals surface area contributed by atoms with E-state index in [-0.39, 0.29) is 12.6 Å². The number of hydrogen-bond acceptors (Lipinski definition) is 3. The molecule has 0 amide bonds. The third-order valence-corrected chi connectivity index (χ3v) is 4.31. The van der Waals surface area contributed by atoms with Crippen LogP contribution in [0.2, 0.25) is 5.02 Å². The largest absolute Gasteiger partial charge is 0.394 e. The number of nitrogens with zero attached hydrogens (tertiary/aromatic N) is 2. The Morgan fingerprint density at radius 1 is 1.25 bits per heavy atom. The van der Waals surface area contributed by atoms with Gasteiger partial charge < -0.3 is 10.0 Å². The van der Waals surface area contributed by atoms with E-state index in [2.05, 4.69) is 9.88 Å². The third-order valence-electron chi connectivity index (χ3n) is 4.08. The Balaban J connectivity index is 2.07. The molecule has 4 heteroatoms. The van der Waals surface area contributed by atoms with Crippen LogP contribution in [0.25, 0.3) is 10.9 Å². The summed E-state index contributed by atoms with van der Waals surface area (Å²) < 4.78 is 0. The summed E-state index contributed by atoms with van der Waals surface area (Å²) in [4.78, 5) is 6.74. The van der Waals surface area contributed by atoms with Crippen LogP contribution in [-0.2, 0) is 0 Å². The van der Waals surface area contributed by atoms with E-state index in [9.17, 15) is 5.11 Å². The highest BCUT2D eigenvalue weighted by atomic mass is 35.5. The van der Waals surface area contributed by atoms with Gasteiger partial charge in [0.05, 0.1) is 18.2 Å². The maximum absolute atomic E-state index is 9.69. The summed E-state index contributed by atoms with van der Waals surface area (Å²) in [5, 5.41) is 11.5. The first-order valence-electron chi connectivity index (χ1n) is 7.21. The monoisotopic (exact) mass is 290 g/mol. The number of anilines is 1. The molecule has 1 aromatic heterocycles. The molecule has 0 radical (unpaired) electrons. The van der Waals surface area contributed by atoms with Gasteiger partial charge in [-0.2, -0.15) is 0 Å². The molecular weight excluding hydrogens is 272 g/mol. The zero-order valence-electron chi connectivity index (χ0n) is 11.4. The highest BCUT2D eigenvalue weighted by molar-refractivity contribution is 6.31. The maximum atomic E-state index is 9.69. The van der Waals surface area contributed by atoms with Gasteiger partial charge in [0, 0.05) is 28.8 Å². The van der Waals surface area contributed by atoms with Crippen LogP contribution in [0.3, 0.4) is 0 Å². The van der Waals surface area contributed by atoms with Gasteiger partial charge in [-0.1, -0.05) is 24.4 Å². The number of aliphatic hydroxyl groups excluding tert-OH is 1. The van der Waals surface area contributed by atoms with Gasteiger partial charge in [0.2, 0.25) is 0 Å². The van der Waals surface area contributed by atoms with E-state index in [1.165, 1.54) is 19.3 Å². The molecule has 0 aliphatic carbocycles. The highest BCUT2D eigenvalue weighted by Crippen LogP contribution is 2.31. The number of hydrogen-bond donors (Lipinski definition) is 1. The van der Waals surface area contributed by atoms with Crippen LogP contribution in [0.1, 0.15) is 25.7 Å². The molecule has 1 N–H and O–H groups in total. The van der Waals surface area contributed by atoms with E-state index < -0.39 is 0 Å². The fourth-order valence-corrected chi connectivity index (χ4v) is 3.21. The van der Waals surface area contributed by atoms with Crippen LogP contribution in [-0.4, -0.2) is 29.3 Å². The molecule has 3 nitrogen and oxygen atoms in total. The van der Waals surface area contributed by atoms with E-state index in [1.807, 2.05) is 30.5 Å². The molecule has 1 aliphatic heterocycles. The second-order valence-corrected chi connectivity index (χ2v) is 5.81. The molecule has 1 aromatic carbocycles. The van der Waals surface area contributed by atoms with Gasteiger partial charge in [-0.25, -0.2) is 0 Å². The van der Waals surface area contributed by atoms with Crippen molar-refractivity contribution in [2.24, 2.45) is 0 Å². The second-order valence-electron chi connectivity index (χ2n) is 5.37. The van der Waals surface area contributed by atoms with Crippen molar-refractivity contribution in [2.75, 3.05) is 18.1 Å². The number of halogens is 1. The van der Waals surface area contributed by atoms with Gasteiger partial charge >= 0.3 is 0 Å². The lowest BCUT2D eigenvalue weighted by molar-refractivity contribution is 0.255. The molecule has 1 unspecified atom stereocenters. The molecule has 2 heterocycles. The van der Waals surface area contributed by atoms with Gasteiger partial charge in [-0.3, -0.25) is 4.98 Å². The van der Waals surface area contributed by atoms with E-state index in [4.69, 9.17) is 11.6 Å². The van der Waals surface area contributed by atoms with Gasteiger partial charge in [0.15, 0.2) is 0 Å². The molecule has 3 rings (SSSR count). The summed E-state index contributed by atoms with van der Waals surface area (Å²) in [5.41, 5.74) is 2.07. The summed E-state index contributed by atoms with van der Waals surface area (Å²) >= 11 is 6.05. The first-order chi connectivity index (χ1) is 9.79. The second kappa shape index (κ2) is 5.98. The van der Waals surface area contributed by atoms with Crippen molar-refractivity contribution in [1.82, 2.24) is 4.98 Å². The molecule has 1 saturated heterocycles. The molecule has 1 fully saturated rings. The van der Waals surface area contributed by atoms with Crippen molar-refractivity contribution in [2.45, 2.75) is 31.7 Å². The summed E-state index contributed by atoms with van der Waals surface area (Å²) in [6.07, 6.45) is 6.48. The predicted octanol–water partition coefficient (Wildman–Crippen LogP) is 3.63. The Morgan fingerprint density at radius 2 is 2.15 bits per heavy atom. The van der Waals surface area contributed by atoms with Gasteiger partial charge in [-0.05, 0) is 37.1 Å². The summed E-state index contributed by atoms with van der Waals surface area (Å²) in [5.74, 6) is 0. The van der Waals surface area contributed by atoms with Gasteiger partial charge in [-0.15, -0.1) is 0 Å². The van der Waals surface area contributed by atoms with Crippen molar-refractivity contribution >= 4 is 28.2 Å². The summed E-state index contributed by atoms with van der Waals surface area (Å²) in [7, 11) is 0. The van der Waals surface area contributed by atoms with Crippen molar-refractivity contribution in [3.8, 4) is 0 Å². The molecule has 0 saturated carbocycles. The number of pyridine rings is 1. The predicted molar refractivity (Wildman–Crippen MR) is 83.4 cm³/mol. The van der Waals surface area contributed by atoms with Crippen molar-refractivity contribution in [1.29, 1.82) is 0 Å². The van der Waals surface area contributed by atoms with E-state index >= 15 is 0 Å². The average Bonchev–Trinajstić information content (AvgIpc) is 2.71. The number of aliphatic hydroxyl groups is 1. The third kappa shape index (κ3) is 2.60. The van der Waals surface area contributed by atoms with Crippen molar-refractivity contribution in [3.05, 3.63) is 35.5 Å². The number of aromatic nitrogens is 1. The summed E-state index contributed by atoms with van der Waals surface area (Å²) in [6, 6.07) is 8.08. The van der Waals surface area contributed by atoms with Crippen LogP contribution >= 0.6 is 11.6 Å².